The molecule has 1 heterocycles. The van der Waals surface area contributed by atoms with E-state index in [1.54, 1.807) is 6.33 Å². The van der Waals surface area contributed by atoms with Crippen LogP contribution < -0.4 is 17.7 Å². The van der Waals surface area contributed by atoms with Crippen molar-refractivity contribution in [2.24, 2.45) is 0 Å². The van der Waals surface area contributed by atoms with Gasteiger partial charge in [0.2, 0.25) is 0 Å². The number of nitrogens with zero attached hydrogens (tertiary/aromatic N) is 2. The Morgan fingerprint density at radius 2 is 1.69 bits per heavy atom. The molecular formula is C12H13ClN3-. The summed E-state index contributed by atoms with van der Waals surface area (Å²) < 4.78 is 0. The van der Waals surface area contributed by atoms with Gasteiger partial charge in [-0.3, -0.25) is 0 Å². The summed E-state index contributed by atoms with van der Waals surface area (Å²) >= 11 is 0. The van der Waals surface area contributed by atoms with Crippen LogP contribution in [0.4, 0.5) is 11.5 Å². The van der Waals surface area contributed by atoms with Crippen molar-refractivity contribution in [2.75, 3.05) is 5.32 Å². The van der Waals surface area contributed by atoms with Crippen LogP contribution in [0.25, 0.3) is 0 Å². The Balaban J connectivity index is 0.00000128. The topological polar surface area (TPSA) is 37.8 Å². The van der Waals surface area contributed by atoms with Crippen molar-refractivity contribution in [3.05, 3.63) is 47.9 Å². The Hall–Kier alpha value is -1.61. The summed E-state index contributed by atoms with van der Waals surface area (Å²) in [6, 6.07) is 10.1. The molecule has 1 aromatic carbocycles. The third-order valence-electron chi connectivity index (χ3n) is 2.13. The maximum Gasteiger partial charge on any atom is 0.133 e. The van der Waals surface area contributed by atoms with Crippen molar-refractivity contribution in [1.82, 2.24) is 9.97 Å². The third-order valence-corrected chi connectivity index (χ3v) is 2.13. The summed E-state index contributed by atoms with van der Waals surface area (Å²) in [7, 11) is 0. The predicted molar refractivity (Wildman–Crippen MR) is 61.2 cm³/mol. The molecule has 0 saturated heterocycles. The summed E-state index contributed by atoms with van der Waals surface area (Å²) in [6.07, 6.45) is 1.56. The van der Waals surface area contributed by atoms with E-state index < -0.39 is 0 Å². The van der Waals surface area contributed by atoms with E-state index in [9.17, 15) is 0 Å². The van der Waals surface area contributed by atoms with Gasteiger partial charge >= 0.3 is 0 Å². The average Bonchev–Trinajstić information content (AvgIpc) is 2.22. The van der Waals surface area contributed by atoms with Gasteiger partial charge in [0, 0.05) is 17.4 Å². The monoisotopic (exact) mass is 234 g/mol. The number of aryl methyl sites for hydroxylation is 2. The standard InChI is InChI=1S/C12H13N3.ClH/c1-9-3-5-11(6-4-9)15-12-7-10(2)13-8-14-12;/h3-8H,1-2H3,(H,13,14,15);1H/p-1. The van der Waals surface area contributed by atoms with Crippen molar-refractivity contribution >= 4 is 11.5 Å². The van der Waals surface area contributed by atoms with E-state index in [0.29, 0.717) is 0 Å². The second-order valence-electron chi connectivity index (χ2n) is 3.54. The number of hydrogen-bond acceptors (Lipinski definition) is 3. The van der Waals surface area contributed by atoms with Gasteiger partial charge in [-0.15, -0.1) is 0 Å². The highest BCUT2D eigenvalue weighted by molar-refractivity contribution is 5.56. The van der Waals surface area contributed by atoms with Gasteiger partial charge in [-0.2, -0.15) is 0 Å². The molecule has 0 atom stereocenters. The van der Waals surface area contributed by atoms with Gasteiger partial charge in [0.05, 0.1) is 0 Å². The third kappa shape index (κ3) is 3.21. The van der Waals surface area contributed by atoms with Gasteiger partial charge in [-0.25, -0.2) is 9.97 Å². The Bertz CT molecular complexity index is 454. The summed E-state index contributed by atoms with van der Waals surface area (Å²) in [5, 5.41) is 3.22. The predicted octanol–water partition coefficient (Wildman–Crippen LogP) is -0.159. The van der Waals surface area contributed by atoms with Gasteiger partial charge in [-0.05, 0) is 26.0 Å². The zero-order valence-corrected chi connectivity index (χ0v) is 9.99. The van der Waals surface area contributed by atoms with Crippen molar-refractivity contribution in [1.29, 1.82) is 0 Å². The van der Waals surface area contributed by atoms with E-state index in [1.165, 1.54) is 5.56 Å². The van der Waals surface area contributed by atoms with E-state index in [-0.39, 0.29) is 12.4 Å². The van der Waals surface area contributed by atoms with Gasteiger partial charge in [0.25, 0.3) is 0 Å². The lowest BCUT2D eigenvalue weighted by molar-refractivity contribution is -0.00000337. The van der Waals surface area contributed by atoms with E-state index >= 15 is 0 Å². The van der Waals surface area contributed by atoms with Crippen LogP contribution in [0.2, 0.25) is 0 Å². The van der Waals surface area contributed by atoms with Crippen LogP contribution in [0.5, 0.6) is 0 Å². The van der Waals surface area contributed by atoms with E-state index in [0.717, 1.165) is 17.2 Å². The summed E-state index contributed by atoms with van der Waals surface area (Å²) in [5.74, 6) is 0.825. The number of benzene rings is 1. The molecular weight excluding hydrogens is 222 g/mol. The fourth-order valence-electron chi connectivity index (χ4n) is 1.31. The normalized spacial score (nSPS) is 9.38. The average molecular weight is 235 g/mol. The molecule has 3 nitrogen and oxygen atoms in total. The fourth-order valence-corrected chi connectivity index (χ4v) is 1.31. The molecule has 0 unspecified atom stereocenters. The van der Waals surface area contributed by atoms with Gasteiger partial charge in [0.15, 0.2) is 0 Å². The number of halogens is 1. The van der Waals surface area contributed by atoms with Crippen LogP contribution in [0.15, 0.2) is 36.7 Å². The van der Waals surface area contributed by atoms with Crippen molar-refractivity contribution in [3.63, 3.8) is 0 Å². The molecule has 16 heavy (non-hydrogen) atoms. The number of hydrogen-bond donors (Lipinski definition) is 1. The molecule has 4 heteroatoms. The Morgan fingerprint density at radius 3 is 2.31 bits per heavy atom. The maximum atomic E-state index is 4.14. The number of rotatable bonds is 2. The molecule has 0 aliphatic heterocycles. The molecule has 0 aliphatic carbocycles. The van der Waals surface area contributed by atoms with Crippen LogP contribution in [0.3, 0.4) is 0 Å². The van der Waals surface area contributed by atoms with E-state index in [1.807, 2.05) is 25.1 Å². The highest BCUT2D eigenvalue weighted by Gasteiger charge is 1.95. The molecule has 0 radical (unpaired) electrons. The van der Waals surface area contributed by atoms with Gasteiger partial charge in [0.1, 0.15) is 12.1 Å². The molecule has 0 spiro atoms. The smallest absolute Gasteiger partial charge is 0.133 e. The van der Waals surface area contributed by atoms with Gasteiger partial charge < -0.3 is 17.7 Å². The molecule has 0 aliphatic rings. The molecule has 0 bridgehead atoms. The van der Waals surface area contributed by atoms with Crippen molar-refractivity contribution in [3.8, 4) is 0 Å². The van der Waals surface area contributed by atoms with Crippen LogP contribution >= 0.6 is 0 Å². The minimum atomic E-state index is 0. The van der Waals surface area contributed by atoms with E-state index in [2.05, 4.69) is 34.3 Å². The quantitative estimate of drug-likeness (QED) is 0.785. The van der Waals surface area contributed by atoms with Crippen LogP contribution in [0.1, 0.15) is 11.3 Å². The van der Waals surface area contributed by atoms with Gasteiger partial charge in [-0.1, -0.05) is 17.7 Å². The first-order valence-corrected chi connectivity index (χ1v) is 4.86. The van der Waals surface area contributed by atoms with Crippen molar-refractivity contribution in [2.45, 2.75) is 13.8 Å². The highest BCUT2D eigenvalue weighted by Crippen LogP contribution is 2.14. The summed E-state index contributed by atoms with van der Waals surface area (Å²) in [4.78, 5) is 8.18. The zero-order chi connectivity index (χ0) is 10.7. The number of nitrogens with one attached hydrogen (secondary N) is 1. The molecule has 2 aromatic rings. The van der Waals surface area contributed by atoms with Crippen LogP contribution in [0, 0.1) is 13.8 Å². The lowest BCUT2D eigenvalue weighted by Crippen LogP contribution is -3.00. The molecule has 84 valence electrons. The maximum absolute atomic E-state index is 4.14. The Kier molecular flexibility index (Phi) is 4.26. The Labute approximate surface area is 101 Å². The molecule has 1 N–H and O–H groups in total. The molecule has 0 fully saturated rings. The summed E-state index contributed by atoms with van der Waals surface area (Å²) in [6.45, 7) is 4.01. The number of anilines is 2. The summed E-state index contributed by atoms with van der Waals surface area (Å²) in [5.41, 5.74) is 3.25. The molecule has 0 amide bonds. The Morgan fingerprint density at radius 1 is 1.00 bits per heavy atom. The molecule has 2 rings (SSSR count). The number of aromatic nitrogens is 2. The zero-order valence-electron chi connectivity index (χ0n) is 9.24. The first kappa shape index (κ1) is 12.5. The largest absolute Gasteiger partial charge is 1.00 e. The minimum Gasteiger partial charge on any atom is -1.00 e. The van der Waals surface area contributed by atoms with Crippen LogP contribution in [-0.4, -0.2) is 9.97 Å². The minimum absolute atomic E-state index is 0. The van der Waals surface area contributed by atoms with E-state index in [4.69, 9.17) is 0 Å². The highest BCUT2D eigenvalue weighted by atomic mass is 35.5. The van der Waals surface area contributed by atoms with Crippen molar-refractivity contribution < 1.29 is 12.4 Å². The lowest BCUT2D eigenvalue weighted by Gasteiger charge is -2.05. The molecule has 1 aromatic heterocycles. The molecule has 0 saturated carbocycles. The first-order valence-electron chi connectivity index (χ1n) is 4.86. The first-order chi connectivity index (χ1) is 7.24. The van der Waals surface area contributed by atoms with Crippen LogP contribution in [-0.2, 0) is 0 Å². The second-order valence-corrected chi connectivity index (χ2v) is 3.54. The SMILES string of the molecule is Cc1ccc(Nc2cc(C)ncn2)cc1.[Cl-]. The second kappa shape index (κ2) is 5.47. The fraction of sp³-hybridized carbons (Fsp3) is 0.167. The lowest BCUT2D eigenvalue weighted by atomic mass is 10.2.